The van der Waals surface area contributed by atoms with Crippen LogP contribution in [0, 0.1) is 5.92 Å². The largest absolute Gasteiger partial charge is 0.379 e. The van der Waals surface area contributed by atoms with Crippen LogP contribution in [0.5, 0.6) is 0 Å². The Morgan fingerprint density at radius 1 is 1.07 bits per heavy atom. The second-order valence-electron chi connectivity index (χ2n) is 8.86. The molecule has 0 aromatic carbocycles. The third-order valence-corrected chi connectivity index (χ3v) is 7.62. The maximum atomic E-state index is 5.59. The summed E-state index contributed by atoms with van der Waals surface area (Å²) in [6, 6.07) is 0.521. The van der Waals surface area contributed by atoms with Crippen LogP contribution in [-0.4, -0.2) is 112 Å². The predicted octanol–water partition coefficient (Wildman–Crippen LogP) is 1.72. The van der Waals surface area contributed by atoms with E-state index < -0.39 is 0 Å². The first kappa shape index (κ1) is 26.4. The SMILES string of the molecule is CN=C(NCC(CC(C)C)N1CCOCC1)NCC1(N2CCOCC2)CCSC1.I. The van der Waals surface area contributed by atoms with Crippen molar-refractivity contribution in [3.63, 3.8) is 0 Å². The van der Waals surface area contributed by atoms with E-state index in [0.717, 1.165) is 71.7 Å². The summed E-state index contributed by atoms with van der Waals surface area (Å²) in [6.45, 7) is 14.1. The third-order valence-electron chi connectivity index (χ3n) is 6.38. The summed E-state index contributed by atoms with van der Waals surface area (Å²) >= 11 is 2.08. The third kappa shape index (κ3) is 7.65. The van der Waals surface area contributed by atoms with Crippen LogP contribution in [0.15, 0.2) is 4.99 Å². The Morgan fingerprint density at radius 2 is 1.73 bits per heavy atom. The topological polar surface area (TPSA) is 61.4 Å². The van der Waals surface area contributed by atoms with Crippen molar-refractivity contribution in [3.8, 4) is 0 Å². The van der Waals surface area contributed by atoms with Gasteiger partial charge in [-0.2, -0.15) is 11.8 Å². The van der Waals surface area contributed by atoms with Gasteiger partial charge in [-0.15, -0.1) is 24.0 Å². The molecule has 2 N–H and O–H groups in total. The van der Waals surface area contributed by atoms with Crippen LogP contribution >= 0.6 is 35.7 Å². The molecule has 176 valence electrons. The van der Waals surface area contributed by atoms with Crippen LogP contribution in [0.4, 0.5) is 0 Å². The monoisotopic (exact) mass is 555 g/mol. The maximum absolute atomic E-state index is 5.59. The molecule has 3 saturated heterocycles. The van der Waals surface area contributed by atoms with Gasteiger partial charge >= 0.3 is 0 Å². The van der Waals surface area contributed by atoms with Crippen molar-refractivity contribution in [3.05, 3.63) is 0 Å². The lowest BCUT2D eigenvalue weighted by molar-refractivity contribution is -0.0120. The molecule has 0 radical (unpaired) electrons. The van der Waals surface area contributed by atoms with Crippen molar-refractivity contribution in [1.29, 1.82) is 0 Å². The molecule has 0 saturated carbocycles. The van der Waals surface area contributed by atoms with Crippen LogP contribution in [-0.2, 0) is 9.47 Å². The molecule has 3 fully saturated rings. The Labute approximate surface area is 204 Å². The van der Waals surface area contributed by atoms with Crippen molar-refractivity contribution in [2.24, 2.45) is 10.9 Å². The molecule has 3 rings (SSSR count). The summed E-state index contributed by atoms with van der Waals surface area (Å²) in [7, 11) is 1.88. The highest BCUT2D eigenvalue weighted by Gasteiger charge is 2.40. The molecule has 3 aliphatic heterocycles. The highest BCUT2D eigenvalue weighted by Crippen LogP contribution is 2.33. The number of rotatable bonds is 8. The number of aliphatic imine (C=N–C) groups is 1. The lowest BCUT2D eigenvalue weighted by atomic mass is 9.95. The Balaban J connectivity index is 0.00000320. The van der Waals surface area contributed by atoms with Gasteiger partial charge < -0.3 is 20.1 Å². The highest BCUT2D eigenvalue weighted by atomic mass is 127. The van der Waals surface area contributed by atoms with Crippen LogP contribution < -0.4 is 10.6 Å². The first-order valence-electron chi connectivity index (χ1n) is 11.3. The van der Waals surface area contributed by atoms with E-state index >= 15 is 0 Å². The van der Waals surface area contributed by atoms with E-state index in [0.29, 0.717) is 12.0 Å². The van der Waals surface area contributed by atoms with Gasteiger partial charge in [-0.25, -0.2) is 0 Å². The lowest BCUT2D eigenvalue weighted by Crippen LogP contribution is -2.60. The van der Waals surface area contributed by atoms with Crippen molar-refractivity contribution in [1.82, 2.24) is 20.4 Å². The quantitative estimate of drug-likeness (QED) is 0.269. The highest BCUT2D eigenvalue weighted by molar-refractivity contribution is 14.0. The number of hydrogen-bond donors (Lipinski definition) is 2. The van der Waals surface area contributed by atoms with Crippen LogP contribution in [0.3, 0.4) is 0 Å². The van der Waals surface area contributed by atoms with Gasteiger partial charge in [0.1, 0.15) is 0 Å². The summed E-state index contributed by atoms with van der Waals surface area (Å²) in [5, 5.41) is 7.28. The fraction of sp³-hybridized carbons (Fsp3) is 0.952. The second kappa shape index (κ2) is 13.7. The van der Waals surface area contributed by atoms with Gasteiger partial charge in [-0.1, -0.05) is 13.8 Å². The number of guanidine groups is 1. The van der Waals surface area contributed by atoms with Gasteiger partial charge in [-0.05, 0) is 24.5 Å². The average Bonchev–Trinajstić information content (AvgIpc) is 3.24. The first-order valence-corrected chi connectivity index (χ1v) is 12.5. The molecule has 2 atom stereocenters. The molecule has 0 bridgehead atoms. The molecule has 9 heteroatoms. The number of thioether (sulfide) groups is 1. The molecule has 0 aliphatic carbocycles. The van der Waals surface area contributed by atoms with Crippen molar-refractivity contribution < 1.29 is 9.47 Å². The molecule has 0 aromatic heterocycles. The van der Waals surface area contributed by atoms with Gasteiger partial charge in [0, 0.05) is 63.6 Å². The Morgan fingerprint density at radius 3 is 2.30 bits per heavy atom. The summed E-state index contributed by atoms with van der Waals surface area (Å²) < 4.78 is 11.1. The number of hydrogen-bond acceptors (Lipinski definition) is 6. The Bertz CT molecular complexity index is 508. The molecule has 0 amide bonds. The smallest absolute Gasteiger partial charge is 0.191 e. The zero-order valence-electron chi connectivity index (χ0n) is 19.0. The van der Waals surface area contributed by atoms with E-state index in [9.17, 15) is 0 Å². The van der Waals surface area contributed by atoms with Crippen molar-refractivity contribution >= 4 is 41.7 Å². The molecule has 2 unspecified atom stereocenters. The molecular formula is C21H42IN5O2S. The van der Waals surface area contributed by atoms with E-state index in [1.165, 1.54) is 24.3 Å². The zero-order valence-corrected chi connectivity index (χ0v) is 22.2. The number of nitrogens with zero attached hydrogens (tertiary/aromatic N) is 3. The normalized spacial score (nSPS) is 27.7. The minimum Gasteiger partial charge on any atom is -0.379 e. The van der Waals surface area contributed by atoms with E-state index in [4.69, 9.17) is 9.47 Å². The molecule has 7 nitrogen and oxygen atoms in total. The molecule has 30 heavy (non-hydrogen) atoms. The van der Waals surface area contributed by atoms with E-state index in [1.807, 2.05) is 7.05 Å². The van der Waals surface area contributed by atoms with Crippen LogP contribution in [0.2, 0.25) is 0 Å². The zero-order chi connectivity index (χ0) is 20.5. The van der Waals surface area contributed by atoms with Crippen molar-refractivity contribution in [2.45, 2.75) is 38.3 Å². The number of morpholine rings is 2. The predicted molar refractivity (Wildman–Crippen MR) is 137 cm³/mol. The lowest BCUT2D eigenvalue weighted by Gasteiger charge is -2.43. The van der Waals surface area contributed by atoms with E-state index in [-0.39, 0.29) is 29.5 Å². The van der Waals surface area contributed by atoms with Crippen LogP contribution in [0.25, 0.3) is 0 Å². The second-order valence-corrected chi connectivity index (χ2v) is 9.97. The fourth-order valence-electron chi connectivity index (χ4n) is 4.67. The minimum absolute atomic E-state index is 0. The van der Waals surface area contributed by atoms with Gasteiger partial charge in [0.15, 0.2) is 5.96 Å². The molecule has 3 aliphatic rings. The van der Waals surface area contributed by atoms with Crippen molar-refractivity contribution in [2.75, 3.05) is 84.2 Å². The van der Waals surface area contributed by atoms with Crippen LogP contribution in [0.1, 0.15) is 26.7 Å². The Kier molecular flexibility index (Phi) is 12.1. The molecule has 0 aromatic rings. The number of ether oxygens (including phenoxy) is 2. The fourth-order valence-corrected chi connectivity index (χ4v) is 6.14. The maximum Gasteiger partial charge on any atom is 0.191 e. The Hall–Kier alpha value is 0.190. The van der Waals surface area contributed by atoms with E-state index in [2.05, 4.69) is 51.0 Å². The van der Waals surface area contributed by atoms with Gasteiger partial charge in [0.05, 0.1) is 26.4 Å². The minimum atomic E-state index is 0. The summed E-state index contributed by atoms with van der Waals surface area (Å²) in [5.41, 5.74) is 0.230. The van der Waals surface area contributed by atoms with E-state index in [1.54, 1.807) is 0 Å². The number of halogens is 1. The first-order chi connectivity index (χ1) is 14.1. The summed E-state index contributed by atoms with van der Waals surface area (Å²) in [5.74, 6) is 4.05. The summed E-state index contributed by atoms with van der Waals surface area (Å²) in [6.07, 6.45) is 2.43. The van der Waals surface area contributed by atoms with Gasteiger partial charge in [0.25, 0.3) is 0 Å². The molecule has 3 heterocycles. The standard InChI is InChI=1S/C21H41N5O2S.HI/c1-18(2)14-19(25-5-9-27-10-6-25)15-23-20(22-3)24-16-21(4-13-29-17-21)26-7-11-28-12-8-26;/h18-19H,4-17H2,1-3H3,(H2,22,23,24);1H. The summed E-state index contributed by atoms with van der Waals surface area (Å²) in [4.78, 5) is 9.74. The average molecular weight is 556 g/mol. The molecular weight excluding hydrogens is 513 g/mol. The number of nitrogens with one attached hydrogen (secondary N) is 2. The van der Waals surface area contributed by atoms with Gasteiger partial charge in [-0.3, -0.25) is 14.8 Å². The van der Waals surface area contributed by atoms with Gasteiger partial charge in [0.2, 0.25) is 0 Å². The molecule has 0 spiro atoms.